The molecule has 3 aromatic carbocycles. The van der Waals surface area contributed by atoms with Crippen LogP contribution in [-0.4, -0.2) is 33.9 Å². The van der Waals surface area contributed by atoms with E-state index in [-0.39, 0.29) is 17.4 Å². The van der Waals surface area contributed by atoms with E-state index in [4.69, 9.17) is 23.8 Å². The highest BCUT2D eigenvalue weighted by Gasteiger charge is 2.45. The third-order valence-electron chi connectivity index (χ3n) is 5.24. The number of hydrogen-bond donors (Lipinski definition) is 2. The average molecular weight is 493 g/mol. The van der Waals surface area contributed by atoms with Crippen molar-refractivity contribution >= 4 is 58.0 Å². The maximum atomic E-state index is 13.4. The quantitative estimate of drug-likeness (QED) is 0.501. The number of rotatable bonds is 6. The third-order valence-corrected chi connectivity index (χ3v) is 5.87. The first-order chi connectivity index (χ1) is 16.3. The first-order valence-corrected chi connectivity index (χ1v) is 11.3. The van der Waals surface area contributed by atoms with Crippen molar-refractivity contribution in [1.29, 1.82) is 0 Å². The molecule has 1 aliphatic heterocycles. The molecule has 7 nitrogen and oxygen atoms in total. The molecule has 0 spiro atoms. The zero-order chi connectivity index (χ0) is 24.2. The molecule has 1 atom stereocenters. The Balaban J connectivity index is 1.60. The third kappa shape index (κ3) is 5.08. The minimum atomic E-state index is -1.03. The van der Waals surface area contributed by atoms with Crippen molar-refractivity contribution < 1.29 is 14.4 Å². The summed E-state index contributed by atoms with van der Waals surface area (Å²) in [7, 11) is 0. The van der Waals surface area contributed by atoms with Crippen molar-refractivity contribution in [3.05, 3.63) is 95.0 Å². The van der Waals surface area contributed by atoms with Gasteiger partial charge < -0.3 is 5.32 Å². The number of carbonyl (C=O) groups is 3. The molecule has 0 radical (unpaired) electrons. The van der Waals surface area contributed by atoms with Crippen LogP contribution in [0.25, 0.3) is 0 Å². The number of hydrogen-bond acceptors (Lipinski definition) is 4. The molecule has 3 amide bonds. The SMILES string of the molecule is Cc1cccc(NC(=O)CC2C(=O)N(c3ccc(Cl)cc3)C(=S)N2NC(=O)c2ccccc2)c1. The standard InChI is InChI=1S/C25H21ClN4O3S/c1-16-6-5-9-19(14-16)27-22(31)15-21-24(33)29(20-12-10-18(26)11-13-20)25(34)30(21)28-23(32)17-7-3-2-4-8-17/h2-14,21H,15H2,1H3,(H,27,31)(H,28,32). The van der Waals surface area contributed by atoms with Crippen LogP contribution in [0.4, 0.5) is 11.4 Å². The lowest BCUT2D eigenvalue weighted by atomic mass is 10.1. The van der Waals surface area contributed by atoms with Crippen molar-refractivity contribution in [2.24, 2.45) is 0 Å². The van der Waals surface area contributed by atoms with Crippen LogP contribution in [0.5, 0.6) is 0 Å². The summed E-state index contributed by atoms with van der Waals surface area (Å²) < 4.78 is 0. The topological polar surface area (TPSA) is 81.8 Å². The Hall–Kier alpha value is -3.75. The number of aryl methyl sites for hydroxylation is 1. The normalized spacial score (nSPS) is 15.4. The number of nitrogens with zero attached hydrogens (tertiary/aromatic N) is 2. The Morgan fingerprint density at radius 3 is 2.38 bits per heavy atom. The highest BCUT2D eigenvalue weighted by molar-refractivity contribution is 7.80. The van der Waals surface area contributed by atoms with E-state index in [9.17, 15) is 14.4 Å². The summed E-state index contributed by atoms with van der Waals surface area (Å²) in [5, 5.41) is 4.64. The van der Waals surface area contributed by atoms with Gasteiger partial charge in [0.1, 0.15) is 6.04 Å². The molecule has 0 aromatic heterocycles. The van der Waals surface area contributed by atoms with Gasteiger partial charge in [0, 0.05) is 16.3 Å². The van der Waals surface area contributed by atoms with Crippen molar-refractivity contribution in [3.8, 4) is 0 Å². The van der Waals surface area contributed by atoms with Crippen LogP contribution in [0.1, 0.15) is 22.3 Å². The van der Waals surface area contributed by atoms with Crippen LogP contribution >= 0.6 is 23.8 Å². The molecule has 1 fully saturated rings. The number of halogens is 1. The second-order valence-corrected chi connectivity index (χ2v) is 8.55. The van der Waals surface area contributed by atoms with E-state index in [0.29, 0.717) is 22.0 Å². The molecule has 1 heterocycles. The molecule has 3 aromatic rings. The average Bonchev–Trinajstić information content (AvgIpc) is 3.04. The molecule has 4 rings (SSSR count). The predicted molar refractivity (Wildman–Crippen MR) is 135 cm³/mol. The largest absolute Gasteiger partial charge is 0.326 e. The van der Waals surface area contributed by atoms with E-state index >= 15 is 0 Å². The first kappa shape index (κ1) is 23.4. The number of hydrazine groups is 1. The monoisotopic (exact) mass is 492 g/mol. The fraction of sp³-hybridized carbons (Fsp3) is 0.120. The molecule has 0 bridgehead atoms. The number of benzene rings is 3. The summed E-state index contributed by atoms with van der Waals surface area (Å²) in [4.78, 5) is 40.4. The van der Waals surface area contributed by atoms with Crippen LogP contribution in [-0.2, 0) is 9.59 Å². The van der Waals surface area contributed by atoms with Gasteiger partial charge >= 0.3 is 0 Å². The second-order valence-electron chi connectivity index (χ2n) is 7.75. The minimum Gasteiger partial charge on any atom is -0.326 e. The molecular weight excluding hydrogens is 472 g/mol. The fourth-order valence-corrected chi connectivity index (χ4v) is 4.10. The van der Waals surface area contributed by atoms with E-state index in [1.807, 2.05) is 25.1 Å². The molecule has 172 valence electrons. The fourth-order valence-electron chi connectivity index (χ4n) is 3.60. The number of nitrogens with one attached hydrogen (secondary N) is 2. The number of anilines is 2. The Labute approximate surface area is 207 Å². The molecule has 9 heteroatoms. The van der Waals surface area contributed by atoms with Crippen molar-refractivity contribution in [2.45, 2.75) is 19.4 Å². The van der Waals surface area contributed by atoms with Gasteiger partial charge in [-0.25, -0.2) is 5.01 Å². The Morgan fingerprint density at radius 2 is 1.71 bits per heavy atom. The van der Waals surface area contributed by atoms with E-state index in [1.54, 1.807) is 60.7 Å². The lowest BCUT2D eigenvalue weighted by molar-refractivity contribution is -0.124. The lowest BCUT2D eigenvalue weighted by Crippen LogP contribution is -2.49. The van der Waals surface area contributed by atoms with Crippen molar-refractivity contribution in [1.82, 2.24) is 10.4 Å². The van der Waals surface area contributed by atoms with E-state index in [2.05, 4.69) is 10.7 Å². The van der Waals surface area contributed by atoms with E-state index in [0.717, 1.165) is 5.56 Å². The van der Waals surface area contributed by atoms with Gasteiger partial charge in [-0.05, 0) is 73.2 Å². The van der Waals surface area contributed by atoms with Gasteiger partial charge in [-0.15, -0.1) is 0 Å². The summed E-state index contributed by atoms with van der Waals surface area (Å²) >= 11 is 11.5. The van der Waals surface area contributed by atoms with E-state index in [1.165, 1.54) is 9.91 Å². The van der Waals surface area contributed by atoms with Crippen molar-refractivity contribution in [2.75, 3.05) is 10.2 Å². The number of carbonyl (C=O) groups excluding carboxylic acids is 3. The molecule has 34 heavy (non-hydrogen) atoms. The Bertz CT molecular complexity index is 1250. The zero-order valence-corrected chi connectivity index (χ0v) is 19.8. The minimum absolute atomic E-state index is 0.0601. The Kier molecular flexibility index (Phi) is 6.90. The molecule has 1 saturated heterocycles. The number of thiocarbonyl (C=S) groups is 1. The molecular formula is C25H21ClN4O3S. The van der Waals surface area contributed by atoms with Gasteiger partial charge in [-0.2, -0.15) is 0 Å². The Morgan fingerprint density at radius 1 is 1.00 bits per heavy atom. The summed E-state index contributed by atoms with van der Waals surface area (Å²) in [5.41, 5.74) is 5.19. The number of amides is 3. The molecule has 1 aliphatic rings. The first-order valence-electron chi connectivity index (χ1n) is 10.5. The molecule has 0 aliphatic carbocycles. The van der Waals surface area contributed by atoms with Gasteiger partial charge in [0.25, 0.3) is 11.8 Å². The second kappa shape index (κ2) is 10.0. The summed E-state index contributed by atoms with van der Waals surface area (Å²) in [6, 6.07) is 21.4. The van der Waals surface area contributed by atoms with Crippen LogP contribution in [0.2, 0.25) is 5.02 Å². The molecule has 0 saturated carbocycles. The molecule has 1 unspecified atom stereocenters. The van der Waals surface area contributed by atoms with Crippen molar-refractivity contribution in [3.63, 3.8) is 0 Å². The van der Waals surface area contributed by atoms with Gasteiger partial charge in [-0.3, -0.25) is 24.7 Å². The van der Waals surface area contributed by atoms with Crippen LogP contribution in [0, 0.1) is 6.92 Å². The summed E-state index contributed by atoms with van der Waals surface area (Å²) in [5.74, 6) is -1.26. The van der Waals surface area contributed by atoms with Gasteiger partial charge in [0.15, 0.2) is 0 Å². The maximum absolute atomic E-state index is 13.4. The van der Waals surface area contributed by atoms with Crippen LogP contribution in [0.3, 0.4) is 0 Å². The van der Waals surface area contributed by atoms with Gasteiger partial charge in [-0.1, -0.05) is 41.9 Å². The highest BCUT2D eigenvalue weighted by Crippen LogP contribution is 2.27. The van der Waals surface area contributed by atoms with Crippen LogP contribution < -0.4 is 15.6 Å². The van der Waals surface area contributed by atoms with Gasteiger partial charge in [0.2, 0.25) is 11.0 Å². The maximum Gasteiger partial charge on any atom is 0.269 e. The summed E-state index contributed by atoms with van der Waals surface area (Å²) in [6.45, 7) is 1.92. The zero-order valence-electron chi connectivity index (χ0n) is 18.2. The summed E-state index contributed by atoms with van der Waals surface area (Å²) in [6.07, 6.45) is -0.216. The van der Waals surface area contributed by atoms with Gasteiger partial charge in [0.05, 0.1) is 12.1 Å². The van der Waals surface area contributed by atoms with E-state index < -0.39 is 17.9 Å². The molecule has 2 N–H and O–H groups in total. The van der Waals surface area contributed by atoms with Crippen LogP contribution in [0.15, 0.2) is 78.9 Å². The highest BCUT2D eigenvalue weighted by atomic mass is 35.5. The smallest absolute Gasteiger partial charge is 0.269 e. The predicted octanol–water partition coefficient (Wildman–Crippen LogP) is 4.32. The lowest BCUT2D eigenvalue weighted by Gasteiger charge is -2.24.